The minimum absolute atomic E-state index is 0.151. The number of anilines is 1. The summed E-state index contributed by atoms with van der Waals surface area (Å²) in [6.07, 6.45) is -4.13. The fourth-order valence-electron chi connectivity index (χ4n) is 1.69. The Morgan fingerprint density at radius 2 is 1.95 bits per heavy atom. The van der Waals surface area contributed by atoms with Crippen molar-refractivity contribution in [2.45, 2.75) is 6.18 Å². The third kappa shape index (κ3) is 2.36. The van der Waals surface area contributed by atoms with Gasteiger partial charge in [0, 0.05) is 12.6 Å². The van der Waals surface area contributed by atoms with Crippen molar-refractivity contribution in [3.63, 3.8) is 0 Å². The second kappa shape index (κ2) is 4.62. The van der Waals surface area contributed by atoms with Crippen LogP contribution in [0.25, 0.3) is 11.3 Å². The molecule has 0 saturated heterocycles. The molecular formula is C12H9F4N3O. The lowest BCUT2D eigenvalue weighted by Crippen LogP contribution is -2.27. The zero-order chi connectivity index (χ0) is 15.1. The van der Waals surface area contributed by atoms with E-state index in [-0.39, 0.29) is 16.9 Å². The zero-order valence-electron chi connectivity index (χ0n) is 10.2. The molecule has 0 spiro atoms. The first-order chi connectivity index (χ1) is 9.21. The van der Waals surface area contributed by atoms with Gasteiger partial charge in [0.1, 0.15) is 17.2 Å². The second-order valence-corrected chi connectivity index (χ2v) is 4.09. The van der Waals surface area contributed by atoms with Gasteiger partial charge in [0.2, 0.25) is 0 Å². The maximum Gasteiger partial charge on any atom is 0.433 e. The van der Waals surface area contributed by atoms with Crippen LogP contribution in [0.3, 0.4) is 0 Å². The standard InChI is InChI=1S/C12H9F4N3O/c1-19-9(12(14,15)16)5-18-10(11(19)20)6-2-3-7(13)8(17)4-6/h2-5H,17H2,1H3. The number of nitrogens with two attached hydrogens (primary N) is 1. The van der Waals surface area contributed by atoms with E-state index in [4.69, 9.17) is 5.73 Å². The molecule has 106 valence electrons. The summed E-state index contributed by atoms with van der Waals surface area (Å²) in [4.78, 5) is 15.4. The summed E-state index contributed by atoms with van der Waals surface area (Å²) in [7, 11) is 0.989. The van der Waals surface area contributed by atoms with Crippen LogP contribution in [-0.2, 0) is 13.2 Å². The molecule has 2 aromatic rings. The number of alkyl halides is 3. The molecule has 2 N–H and O–H groups in total. The molecule has 0 fully saturated rings. The van der Waals surface area contributed by atoms with Crippen molar-refractivity contribution in [1.29, 1.82) is 0 Å². The number of hydrogen-bond donors (Lipinski definition) is 1. The Kier molecular flexibility index (Phi) is 3.24. The molecule has 1 heterocycles. The van der Waals surface area contributed by atoms with Gasteiger partial charge in [-0.3, -0.25) is 4.79 Å². The molecule has 1 aromatic heterocycles. The van der Waals surface area contributed by atoms with Crippen molar-refractivity contribution in [1.82, 2.24) is 9.55 Å². The third-order valence-electron chi connectivity index (χ3n) is 2.74. The highest BCUT2D eigenvalue weighted by molar-refractivity contribution is 5.63. The van der Waals surface area contributed by atoms with Gasteiger partial charge in [0.15, 0.2) is 0 Å². The van der Waals surface area contributed by atoms with E-state index >= 15 is 0 Å². The van der Waals surface area contributed by atoms with Gasteiger partial charge in [-0.25, -0.2) is 9.37 Å². The summed E-state index contributed by atoms with van der Waals surface area (Å²) in [6, 6.07) is 3.39. The molecule has 0 aliphatic carbocycles. The average molecular weight is 287 g/mol. The SMILES string of the molecule is Cn1c(C(F)(F)F)cnc(-c2ccc(F)c(N)c2)c1=O. The maximum atomic E-state index is 13.0. The fourth-order valence-corrected chi connectivity index (χ4v) is 1.69. The summed E-state index contributed by atoms with van der Waals surface area (Å²) < 4.78 is 51.3. The first-order valence-corrected chi connectivity index (χ1v) is 5.40. The predicted molar refractivity (Wildman–Crippen MR) is 64.3 cm³/mol. The van der Waals surface area contributed by atoms with Gasteiger partial charge in [-0.2, -0.15) is 13.2 Å². The van der Waals surface area contributed by atoms with Crippen molar-refractivity contribution in [2.24, 2.45) is 7.05 Å². The normalized spacial score (nSPS) is 11.7. The van der Waals surface area contributed by atoms with Crippen LogP contribution in [0.2, 0.25) is 0 Å². The molecular weight excluding hydrogens is 278 g/mol. The smallest absolute Gasteiger partial charge is 0.396 e. The number of halogens is 4. The Labute approximate surface area is 110 Å². The first kappa shape index (κ1) is 14.0. The number of nitrogen functional groups attached to an aromatic ring is 1. The monoisotopic (exact) mass is 287 g/mol. The molecule has 0 atom stereocenters. The molecule has 0 radical (unpaired) electrons. The molecule has 0 amide bonds. The summed E-state index contributed by atoms with van der Waals surface area (Å²) in [5.74, 6) is -0.683. The van der Waals surface area contributed by atoms with Crippen molar-refractivity contribution in [3.8, 4) is 11.3 Å². The van der Waals surface area contributed by atoms with Gasteiger partial charge in [-0.1, -0.05) is 0 Å². The van der Waals surface area contributed by atoms with Gasteiger partial charge < -0.3 is 10.3 Å². The lowest BCUT2D eigenvalue weighted by atomic mass is 10.1. The van der Waals surface area contributed by atoms with Crippen LogP contribution in [0.4, 0.5) is 23.2 Å². The van der Waals surface area contributed by atoms with E-state index in [1.54, 1.807) is 0 Å². The van der Waals surface area contributed by atoms with Crippen LogP contribution < -0.4 is 11.3 Å². The average Bonchev–Trinajstić information content (AvgIpc) is 2.34. The van der Waals surface area contributed by atoms with Crippen molar-refractivity contribution in [2.75, 3.05) is 5.73 Å². The number of hydrogen-bond acceptors (Lipinski definition) is 3. The van der Waals surface area contributed by atoms with E-state index in [1.807, 2.05) is 0 Å². The van der Waals surface area contributed by atoms with E-state index in [1.165, 1.54) is 6.07 Å². The summed E-state index contributed by atoms with van der Waals surface area (Å²) >= 11 is 0. The molecule has 4 nitrogen and oxygen atoms in total. The minimum atomic E-state index is -4.68. The second-order valence-electron chi connectivity index (χ2n) is 4.09. The van der Waals surface area contributed by atoms with Gasteiger partial charge in [-0.05, 0) is 18.2 Å². The Morgan fingerprint density at radius 3 is 2.50 bits per heavy atom. The highest BCUT2D eigenvalue weighted by Gasteiger charge is 2.34. The molecule has 0 bridgehead atoms. The van der Waals surface area contributed by atoms with Crippen LogP contribution in [0.15, 0.2) is 29.2 Å². The van der Waals surface area contributed by atoms with Crippen LogP contribution in [0.5, 0.6) is 0 Å². The van der Waals surface area contributed by atoms with E-state index in [2.05, 4.69) is 4.98 Å². The Hall–Kier alpha value is -2.38. The molecule has 0 saturated carbocycles. The predicted octanol–water partition coefficient (Wildman–Crippen LogP) is 2.19. The molecule has 0 aliphatic rings. The van der Waals surface area contributed by atoms with Crippen molar-refractivity contribution < 1.29 is 17.6 Å². The van der Waals surface area contributed by atoms with Gasteiger partial charge >= 0.3 is 6.18 Å². The zero-order valence-corrected chi connectivity index (χ0v) is 10.2. The third-order valence-corrected chi connectivity index (χ3v) is 2.74. The number of aromatic nitrogens is 2. The van der Waals surface area contributed by atoms with Crippen LogP contribution in [0, 0.1) is 5.82 Å². The van der Waals surface area contributed by atoms with Gasteiger partial charge in [0.25, 0.3) is 5.56 Å². The largest absolute Gasteiger partial charge is 0.433 e. The molecule has 20 heavy (non-hydrogen) atoms. The van der Waals surface area contributed by atoms with E-state index in [9.17, 15) is 22.4 Å². The van der Waals surface area contributed by atoms with Crippen LogP contribution in [-0.4, -0.2) is 9.55 Å². The first-order valence-electron chi connectivity index (χ1n) is 5.40. The quantitative estimate of drug-likeness (QED) is 0.646. The molecule has 2 rings (SSSR count). The van der Waals surface area contributed by atoms with E-state index < -0.39 is 23.2 Å². The molecule has 0 aliphatic heterocycles. The Morgan fingerprint density at radius 1 is 1.30 bits per heavy atom. The number of rotatable bonds is 1. The summed E-state index contributed by atoms with van der Waals surface area (Å²) in [6.45, 7) is 0. The van der Waals surface area contributed by atoms with Crippen LogP contribution in [0.1, 0.15) is 5.69 Å². The lowest BCUT2D eigenvalue weighted by molar-refractivity contribution is -0.144. The highest BCUT2D eigenvalue weighted by atomic mass is 19.4. The van der Waals surface area contributed by atoms with E-state index in [0.717, 1.165) is 19.2 Å². The minimum Gasteiger partial charge on any atom is -0.396 e. The lowest BCUT2D eigenvalue weighted by Gasteiger charge is -2.12. The Balaban J connectivity index is 2.63. The summed E-state index contributed by atoms with van der Waals surface area (Å²) in [5, 5.41) is 0. The van der Waals surface area contributed by atoms with Crippen molar-refractivity contribution in [3.05, 3.63) is 46.3 Å². The topological polar surface area (TPSA) is 60.9 Å². The number of nitrogens with zero attached hydrogens (tertiary/aromatic N) is 2. The maximum absolute atomic E-state index is 13.0. The van der Waals surface area contributed by atoms with Crippen LogP contribution >= 0.6 is 0 Å². The van der Waals surface area contributed by atoms with Gasteiger partial charge in [0.05, 0.1) is 11.9 Å². The van der Waals surface area contributed by atoms with Gasteiger partial charge in [-0.15, -0.1) is 0 Å². The summed E-state index contributed by atoms with van der Waals surface area (Å²) in [5.41, 5.74) is 2.95. The van der Waals surface area contributed by atoms with Crippen molar-refractivity contribution >= 4 is 5.69 Å². The van der Waals surface area contributed by atoms with E-state index in [0.29, 0.717) is 10.8 Å². The highest BCUT2D eigenvalue weighted by Crippen LogP contribution is 2.28. The molecule has 1 aromatic carbocycles. The Bertz CT molecular complexity index is 722. The molecule has 8 heteroatoms. The molecule has 0 unspecified atom stereocenters. The number of benzene rings is 1. The fraction of sp³-hybridized carbons (Fsp3) is 0.167.